The second-order valence-electron chi connectivity index (χ2n) is 14.1. The molecule has 1 aromatic carbocycles. The molecule has 16 heteroatoms. The number of aromatic nitrogens is 3. The first kappa shape index (κ1) is 36.6. The van der Waals surface area contributed by atoms with Gasteiger partial charge in [0.1, 0.15) is 11.5 Å². The van der Waals surface area contributed by atoms with Crippen LogP contribution in [0.4, 0.5) is 16.0 Å². The molecule has 0 radical (unpaired) electrons. The van der Waals surface area contributed by atoms with Gasteiger partial charge in [-0.2, -0.15) is 0 Å². The zero-order valence-corrected chi connectivity index (χ0v) is 30.5. The van der Waals surface area contributed by atoms with Crippen molar-refractivity contribution in [2.75, 3.05) is 62.7 Å². The van der Waals surface area contributed by atoms with Crippen LogP contribution in [0.15, 0.2) is 24.4 Å². The lowest BCUT2D eigenvalue weighted by molar-refractivity contribution is -0.200. The summed E-state index contributed by atoms with van der Waals surface area (Å²) in [7, 11) is -2.17. The van der Waals surface area contributed by atoms with Crippen LogP contribution in [-0.2, 0) is 35.7 Å². The number of benzene rings is 1. The third-order valence-electron chi connectivity index (χ3n) is 10.2. The summed E-state index contributed by atoms with van der Waals surface area (Å²) in [6, 6.07) is 4.63. The van der Waals surface area contributed by atoms with E-state index in [0.29, 0.717) is 92.7 Å². The molecule has 5 heterocycles. The molecular weight excluding hydrogens is 694 g/mol. The maximum Gasteiger partial charge on any atom is 0.243 e. The highest BCUT2D eigenvalue weighted by Gasteiger charge is 2.36. The molecule has 2 N–H and O–H groups in total. The lowest BCUT2D eigenvalue weighted by atomic mass is 9.91. The van der Waals surface area contributed by atoms with Gasteiger partial charge in [0, 0.05) is 56.2 Å². The fourth-order valence-electron chi connectivity index (χ4n) is 7.14. The molecule has 0 bridgehead atoms. The topological polar surface area (TPSA) is 157 Å². The van der Waals surface area contributed by atoms with Crippen molar-refractivity contribution in [1.82, 2.24) is 25.3 Å². The molecule has 3 aromatic rings. The van der Waals surface area contributed by atoms with E-state index < -0.39 is 21.1 Å². The summed E-state index contributed by atoms with van der Waals surface area (Å²) in [5.41, 5.74) is 5.10. The summed E-state index contributed by atoms with van der Waals surface area (Å²) in [4.78, 5) is 36.4. The highest BCUT2D eigenvalue weighted by molar-refractivity contribution is 7.93. The maximum absolute atomic E-state index is 15.5. The number of nitrogens with one attached hydrogen (secondary N) is 2. The van der Waals surface area contributed by atoms with Crippen molar-refractivity contribution in [3.8, 4) is 17.1 Å². The van der Waals surface area contributed by atoms with E-state index in [1.165, 1.54) is 13.2 Å². The second kappa shape index (κ2) is 16.5. The fraction of sp³-hybridized carbons (Fsp3) is 0.611. The monoisotopic (exact) mass is 741 g/mol. The summed E-state index contributed by atoms with van der Waals surface area (Å²) in [5.74, 6) is 0.608. The highest BCUT2D eigenvalue weighted by Crippen LogP contribution is 2.37. The standard InChI is InChI=1S/C36H48FN7O7S/c1-48-35-30(42-52(46,47)28-8-9-28)20-25(22-38-35)33-29-21-27(37)19-26(34(29)40-36(39-33)44-14-17-49-18-15-44)23-43-12-10-24(11-13-43)5-4-6-31(45)41-51-32-7-2-3-16-50-32/h19-22,24,28,32,42H,2-18,23H2,1H3,(H,41,45). The number of rotatable bonds is 14. The summed E-state index contributed by atoms with van der Waals surface area (Å²) >= 11 is 0. The minimum Gasteiger partial charge on any atom is -0.480 e. The highest BCUT2D eigenvalue weighted by atomic mass is 32.2. The maximum atomic E-state index is 15.5. The molecule has 3 saturated heterocycles. The number of hydrogen-bond donors (Lipinski definition) is 2. The molecule has 1 aliphatic carbocycles. The molecule has 1 atom stereocenters. The summed E-state index contributed by atoms with van der Waals surface area (Å²) in [6.07, 6.45) is 9.40. The molecule has 1 unspecified atom stereocenters. The van der Waals surface area contributed by atoms with E-state index in [-0.39, 0.29) is 23.8 Å². The number of fused-ring (bicyclic) bond motifs is 1. The Morgan fingerprint density at radius 1 is 1.02 bits per heavy atom. The predicted octanol–water partition coefficient (Wildman–Crippen LogP) is 4.54. The number of hydroxylamine groups is 1. The van der Waals surface area contributed by atoms with Gasteiger partial charge >= 0.3 is 0 Å². The molecule has 52 heavy (non-hydrogen) atoms. The van der Waals surface area contributed by atoms with Crippen LogP contribution in [-0.4, -0.2) is 98.8 Å². The number of carbonyl (C=O) groups is 1. The summed E-state index contributed by atoms with van der Waals surface area (Å²) < 4.78 is 60.4. The van der Waals surface area contributed by atoms with Crippen LogP contribution < -0.4 is 19.8 Å². The number of ether oxygens (including phenoxy) is 3. The van der Waals surface area contributed by atoms with E-state index in [9.17, 15) is 13.2 Å². The smallest absolute Gasteiger partial charge is 0.243 e. The predicted molar refractivity (Wildman–Crippen MR) is 193 cm³/mol. The first-order chi connectivity index (χ1) is 25.3. The minimum absolute atomic E-state index is 0.122. The number of morpholine rings is 1. The number of nitrogens with zero attached hydrogens (tertiary/aromatic N) is 5. The van der Waals surface area contributed by atoms with Crippen molar-refractivity contribution in [2.45, 2.75) is 82.3 Å². The zero-order chi connectivity index (χ0) is 36.1. The van der Waals surface area contributed by atoms with Crippen molar-refractivity contribution in [3.05, 3.63) is 35.8 Å². The Bertz CT molecular complexity index is 1830. The van der Waals surface area contributed by atoms with E-state index in [2.05, 4.69) is 25.0 Å². The van der Waals surface area contributed by atoms with Crippen LogP contribution in [0.3, 0.4) is 0 Å². The van der Waals surface area contributed by atoms with Gasteiger partial charge in [0.05, 0.1) is 36.8 Å². The van der Waals surface area contributed by atoms with Gasteiger partial charge in [-0.1, -0.05) is 0 Å². The normalized spacial score (nSPS) is 20.6. The first-order valence-corrected chi connectivity index (χ1v) is 20.0. The largest absolute Gasteiger partial charge is 0.480 e. The first-order valence-electron chi connectivity index (χ1n) is 18.4. The molecule has 1 amide bonds. The van der Waals surface area contributed by atoms with Gasteiger partial charge in [-0.05, 0) is 94.1 Å². The van der Waals surface area contributed by atoms with E-state index >= 15 is 4.39 Å². The Hall–Kier alpha value is -3.70. The quantitative estimate of drug-likeness (QED) is 0.223. The number of likely N-dealkylation sites (tertiary alicyclic amines) is 1. The molecule has 4 aliphatic rings. The minimum atomic E-state index is -3.61. The van der Waals surface area contributed by atoms with Crippen molar-refractivity contribution >= 4 is 38.5 Å². The molecular formula is C36H48FN7O7S. The van der Waals surface area contributed by atoms with Crippen molar-refractivity contribution < 1.29 is 36.7 Å². The molecule has 7 rings (SSSR count). The van der Waals surface area contributed by atoms with Crippen LogP contribution in [0.5, 0.6) is 5.88 Å². The number of pyridine rings is 1. The van der Waals surface area contributed by atoms with Crippen molar-refractivity contribution in [2.24, 2.45) is 5.92 Å². The van der Waals surface area contributed by atoms with E-state index in [1.54, 1.807) is 18.3 Å². The lowest BCUT2D eigenvalue weighted by Crippen LogP contribution is -2.37. The third-order valence-corrected chi connectivity index (χ3v) is 12.1. The number of amides is 1. The van der Waals surface area contributed by atoms with Gasteiger partial charge in [0.25, 0.3) is 0 Å². The molecule has 2 aromatic heterocycles. The van der Waals surface area contributed by atoms with Gasteiger partial charge in [-0.25, -0.2) is 38.1 Å². The summed E-state index contributed by atoms with van der Waals surface area (Å²) in [6.45, 7) is 5.14. The van der Waals surface area contributed by atoms with Gasteiger partial charge in [0.2, 0.25) is 27.8 Å². The molecule has 3 aliphatic heterocycles. The van der Waals surface area contributed by atoms with Crippen LogP contribution in [0, 0.1) is 11.7 Å². The van der Waals surface area contributed by atoms with Crippen LogP contribution in [0.25, 0.3) is 22.2 Å². The van der Waals surface area contributed by atoms with Crippen LogP contribution >= 0.6 is 0 Å². The van der Waals surface area contributed by atoms with Crippen LogP contribution in [0.1, 0.15) is 69.8 Å². The van der Waals surface area contributed by atoms with Crippen molar-refractivity contribution in [3.63, 3.8) is 0 Å². The Morgan fingerprint density at radius 3 is 2.56 bits per heavy atom. The number of piperidine rings is 1. The number of sulfonamides is 1. The number of carbonyl (C=O) groups excluding carboxylic acids is 1. The Labute approximate surface area is 303 Å². The van der Waals surface area contributed by atoms with E-state index in [4.69, 9.17) is 29.0 Å². The Balaban J connectivity index is 1.07. The fourth-order valence-corrected chi connectivity index (χ4v) is 8.52. The average molecular weight is 742 g/mol. The molecule has 14 nitrogen and oxygen atoms in total. The van der Waals surface area contributed by atoms with E-state index in [0.717, 1.165) is 63.6 Å². The number of halogens is 1. The van der Waals surface area contributed by atoms with Gasteiger partial charge in [-0.15, -0.1) is 0 Å². The second-order valence-corrected chi connectivity index (χ2v) is 16.1. The molecule has 4 fully saturated rings. The zero-order valence-electron chi connectivity index (χ0n) is 29.6. The Morgan fingerprint density at radius 2 is 1.83 bits per heavy atom. The SMILES string of the molecule is COc1ncc(-c2nc(N3CCOCC3)nc3c(CN4CCC(CCCC(=O)NOC5CCCCO5)CC4)cc(F)cc23)cc1NS(=O)(=O)C1CC1. The van der Waals surface area contributed by atoms with E-state index in [1.807, 2.05) is 0 Å². The van der Waals surface area contributed by atoms with Crippen LogP contribution in [0.2, 0.25) is 0 Å². The van der Waals surface area contributed by atoms with Gasteiger partial charge < -0.3 is 19.1 Å². The molecule has 1 saturated carbocycles. The Kier molecular flexibility index (Phi) is 11.7. The van der Waals surface area contributed by atoms with Crippen molar-refractivity contribution in [1.29, 1.82) is 0 Å². The summed E-state index contributed by atoms with van der Waals surface area (Å²) in [5, 5.41) is 0.0748. The van der Waals surface area contributed by atoms with Gasteiger partial charge in [-0.3, -0.25) is 14.4 Å². The lowest BCUT2D eigenvalue weighted by Gasteiger charge is -2.32. The third kappa shape index (κ3) is 9.08. The van der Waals surface area contributed by atoms with Gasteiger partial charge in [0.15, 0.2) is 6.29 Å². The molecule has 0 spiro atoms. The number of anilines is 2. The average Bonchev–Trinajstić information content (AvgIpc) is 4.02. The number of methoxy groups -OCH3 is 1. The number of hydrogen-bond acceptors (Lipinski definition) is 12. The molecule has 282 valence electrons.